The first-order valence-corrected chi connectivity index (χ1v) is 9.96. The van der Waals surface area contributed by atoms with Crippen molar-refractivity contribution < 1.29 is 22.4 Å². The molecule has 2 aromatic heterocycles. The monoisotopic (exact) mass is 462 g/mol. The molecule has 0 bridgehead atoms. The summed E-state index contributed by atoms with van der Waals surface area (Å²) in [6, 6.07) is 9.20. The number of anilines is 1. The Kier molecular flexibility index (Phi) is 5.79. The molecule has 1 aromatic carbocycles. The van der Waals surface area contributed by atoms with Crippen LogP contribution in [0.4, 0.5) is 24.7 Å². The number of rotatable bonds is 5. The number of carbonyl (C=O) groups is 1. The molecular formula is C22H18ClF3N4O2. The number of hydrogen-bond acceptors (Lipinski definition) is 5. The van der Waals surface area contributed by atoms with E-state index in [1.54, 1.807) is 30.3 Å². The lowest BCUT2D eigenvalue weighted by atomic mass is 10.0. The molecule has 0 spiro atoms. The van der Waals surface area contributed by atoms with Crippen molar-refractivity contribution >= 4 is 34.7 Å². The summed E-state index contributed by atoms with van der Waals surface area (Å²) in [5.41, 5.74) is 0.960. The number of fused-ring (bicyclic) bond motifs is 1. The summed E-state index contributed by atoms with van der Waals surface area (Å²) in [7, 11) is 3.78. The van der Waals surface area contributed by atoms with Crippen molar-refractivity contribution in [3.8, 4) is 0 Å². The van der Waals surface area contributed by atoms with Gasteiger partial charge in [-0.05, 0) is 50.5 Å². The zero-order valence-corrected chi connectivity index (χ0v) is 17.9. The van der Waals surface area contributed by atoms with Gasteiger partial charge in [-0.3, -0.25) is 4.79 Å². The first-order valence-electron chi connectivity index (χ1n) is 9.58. The van der Waals surface area contributed by atoms with Gasteiger partial charge in [-0.15, -0.1) is 0 Å². The van der Waals surface area contributed by atoms with Crippen LogP contribution in [0.3, 0.4) is 0 Å². The summed E-state index contributed by atoms with van der Waals surface area (Å²) < 4.78 is 44.5. The molecule has 0 atom stereocenters. The van der Waals surface area contributed by atoms with Gasteiger partial charge in [-0.2, -0.15) is 13.2 Å². The Hall–Kier alpha value is -3.17. The summed E-state index contributed by atoms with van der Waals surface area (Å²) in [6.07, 6.45) is -3.57. The fourth-order valence-corrected chi connectivity index (χ4v) is 3.53. The lowest BCUT2D eigenvalue weighted by Gasteiger charge is -2.09. The van der Waals surface area contributed by atoms with Crippen LogP contribution in [0.5, 0.6) is 0 Å². The van der Waals surface area contributed by atoms with Crippen molar-refractivity contribution in [1.82, 2.24) is 9.88 Å². The second kappa shape index (κ2) is 8.40. The molecule has 166 valence electrons. The zero-order valence-electron chi connectivity index (χ0n) is 17.1. The smallest absolute Gasteiger partial charge is 0.417 e. The lowest BCUT2D eigenvalue weighted by Crippen LogP contribution is -2.12. The van der Waals surface area contributed by atoms with Gasteiger partial charge in [0.25, 0.3) is 5.91 Å². The van der Waals surface area contributed by atoms with Crippen LogP contribution >= 0.6 is 11.6 Å². The lowest BCUT2D eigenvalue weighted by molar-refractivity contribution is -0.137. The quantitative estimate of drug-likeness (QED) is 0.555. The summed E-state index contributed by atoms with van der Waals surface area (Å²) in [5.74, 6) is 0.604. The molecule has 0 unspecified atom stereocenters. The number of nitrogens with one attached hydrogen (secondary N) is 1. The van der Waals surface area contributed by atoms with Crippen molar-refractivity contribution in [2.45, 2.75) is 19.1 Å². The van der Waals surface area contributed by atoms with E-state index in [4.69, 9.17) is 16.0 Å². The molecule has 3 aromatic rings. The maximum absolute atomic E-state index is 13.0. The van der Waals surface area contributed by atoms with Crippen molar-refractivity contribution in [3.63, 3.8) is 0 Å². The van der Waals surface area contributed by atoms with Crippen molar-refractivity contribution in [1.29, 1.82) is 0 Å². The van der Waals surface area contributed by atoms with Crippen LogP contribution in [-0.4, -0.2) is 35.6 Å². The van der Waals surface area contributed by atoms with Crippen LogP contribution in [0.1, 0.15) is 33.0 Å². The number of aromatic nitrogens is 1. The number of alkyl halides is 3. The Labute approximate surface area is 186 Å². The minimum Gasteiger partial charge on any atom is -0.455 e. The molecule has 1 aliphatic rings. The number of nitrogens with zero attached hydrogens (tertiary/aromatic N) is 3. The van der Waals surface area contributed by atoms with Crippen molar-refractivity contribution in [3.05, 3.63) is 75.8 Å². The largest absolute Gasteiger partial charge is 0.455 e. The van der Waals surface area contributed by atoms with Gasteiger partial charge in [0, 0.05) is 34.5 Å². The SMILES string of the molecule is CN(C)Cc1ccc(C(=O)Nc2ccc(Cl)c(C3=Nc4ncc(C(F)(F)F)cc4C3)c2)o1. The number of hydrogen-bond donors (Lipinski definition) is 1. The number of carbonyl (C=O) groups excluding carboxylic acids is 1. The van der Waals surface area contributed by atoms with Crippen molar-refractivity contribution in [2.24, 2.45) is 4.99 Å². The van der Waals surface area contributed by atoms with Crippen LogP contribution in [0.15, 0.2) is 52.0 Å². The molecule has 0 saturated heterocycles. The Morgan fingerprint density at radius 3 is 2.72 bits per heavy atom. The summed E-state index contributed by atoms with van der Waals surface area (Å²) >= 11 is 6.31. The molecule has 32 heavy (non-hydrogen) atoms. The normalized spacial score (nSPS) is 13.3. The van der Waals surface area contributed by atoms with E-state index in [2.05, 4.69) is 15.3 Å². The van der Waals surface area contributed by atoms with E-state index in [0.717, 1.165) is 12.3 Å². The highest BCUT2D eigenvalue weighted by molar-refractivity contribution is 6.34. The predicted octanol–water partition coefficient (Wildman–Crippen LogP) is 5.34. The number of benzene rings is 1. The fourth-order valence-electron chi connectivity index (χ4n) is 3.31. The summed E-state index contributed by atoms with van der Waals surface area (Å²) in [5, 5.41) is 3.10. The molecule has 6 nitrogen and oxygen atoms in total. The first-order chi connectivity index (χ1) is 15.1. The van der Waals surface area contributed by atoms with Crippen LogP contribution < -0.4 is 5.32 Å². The molecule has 0 fully saturated rings. The maximum Gasteiger partial charge on any atom is 0.417 e. The molecule has 0 saturated carbocycles. The highest BCUT2D eigenvalue weighted by Crippen LogP contribution is 2.35. The molecule has 10 heteroatoms. The van der Waals surface area contributed by atoms with Gasteiger partial charge in [0.15, 0.2) is 11.6 Å². The van der Waals surface area contributed by atoms with Crippen LogP contribution in [-0.2, 0) is 19.1 Å². The third-order valence-electron chi connectivity index (χ3n) is 4.76. The van der Waals surface area contributed by atoms with E-state index >= 15 is 0 Å². The standard InChI is InChI=1S/C22H18ClF3N4O2/c1-30(2)11-15-4-6-19(32-15)21(31)28-14-3-5-17(23)16(9-14)18-8-12-7-13(22(24,25)26)10-27-20(12)29-18/h3-7,9-10H,8,11H2,1-2H3,(H,28,31). The summed E-state index contributed by atoms with van der Waals surface area (Å²) in [4.78, 5) is 22.6. The van der Waals surface area contributed by atoms with E-state index < -0.39 is 17.6 Å². The number of furan rings is 1. The molecule has 1 N–H and O–H groups in total. The molecule has 0 aliphatic carbocycles. The summed E-state index contributed by atoms with van der Waals surface area (Å²) in [6.45, 7) is 0.558. The number of halogens is 4. The first kappa shape index (κ1) is 22.0. The van der Waals surface area contributed by atoms with Gasteiger partial charge >= 0.3 is 6.18 Å². The van der Waals surface area contributed by atoms with Gasteiger partial charge in [0.1, 0.15) is 5.76 Å². The molecule has 3 heterocycles. The molecule has 1 aliphatic heterocycles. The van der Waals surface area contributed by atoms with Crippen LogP contribution in [0, 0.1) is 0 Å². The maximum atomic E-state index is 13.0. The average molecular weight is 463 g/mol. The van der Waals surface area contributed by atoms with Gasteiger partial charge in [0.2, 0.25) is 0 Å². The van der Waals surface area contributed by atoms with Crippen LogP contribution in [0.2, 0.25) is 5.02 Å². The van der Waals surface area contributed by atoms with E-state index in [1.807, 2.05) is 19.0 Å². The minimum atomic E-state index is -4.48. The van der Waals surface area contributed by atoms with Gasteiger partial charge < -0.3 is 14.6 Å². The zero-order chi connectivity index (χ0) is 23.0. The Morgan fingerprint density at radius 2 is 2.00 bits per heavy atom. The molecule has 4 rings (SSSR count). The van der Waals surface area contributed by atoms with Gasteiger partial charge in [-0.1, -0.05) is 11.6 Å². The highest BCUT2D eigenvalue weighted by atomic mass is 35.5. The number of amides is 1. The van der Waals surface area contributed by atoms with E-state index in [0.29, 0.717) is 39.9 Å². The second-order valence-electron chi connectivity index (χ2n) is 7.59. The number of pyridine rings is 1. The Bertz CT molecular complexity index is 1220. The third kappa shape index (κ3) is 4.68. The fraction of sp³-hybridized carbons (Fsp3) is 0.227. The predicted molar refractivity (Wildman–Crippen MR) is 115 cm³/mol. The molecule has 0 radical (unpaired) electrons. The highest BCUT2D eigenvalue weighted by Gasteiger charge is 2.33. The topological polar surface area (TPSA) is 70.7 Å². The Balaban J connectivity index is 1.53. The van der Waals surface area contributed by atoms with Gasteiger partial charge in [0.05, 0.1) is 17.8 Å². The minimum absolute atomic E-state index is 0.148. The molecular weight excluding hydrogens is 445 g/mol. The second-order valence-corrected chi connectivity index (χ2v) is 8.00. The van der Waals surface area contributed by atoms with E-state index in [9.17, 15) is 18.0 Å². The number of aliphatic imine (C=N–C) groups is 1. The molecule has 1 amide bonds. The Morgan fingerprint density at radius 1 is 1.22 bits per heavy atom. The van der Waals surface area contributed by atoms with E-state index in [-0.39, 0.29) is 18.0 Å². The van der Waals surface area contributed by atoms with Crippen molar-refractivity contribution in [2.75, 3.05) is 19.4 Å². The average Bonchev–Trinajstić information content (AvgIpc) is 3.34. The third-order valence-corrected chi connectivity index (χ3v) is 5.09. The van der Waals surface area contributed by atoms with Crippen LogP contribution in [0.25, 0.3) is 0 Å². The van der Waals surface area contributed by atoms with E-state index in [1.165, 1.54) is 0 Å². The van der Waals surface area contributed by atoms with Gasteiger partial charge in [-0.25, -0.2) is 9.98 Å².